The van der Waals surface area contributed by atoms with E-state index in [9.17, 15) is 4.79 Å². The summed E-state index contributed by atoms with van der Waals surface area (Å²) in [7, 11) is 1.79. The van der Waals surface area contributed by atoms with E-state index in [2.05, 4.69) is 11.4 Å². The van der Waals surface area contributed by atoms with Crippen LogP contribution in [0.2, 0.25) is 0 Å². The van der Waals surface area contributed by atoms with Crippen molar-refractivity contribution in [3.8, 4) is 0 Å². The van der Waals surface area contributed by atoms with E-state index < -0.39 is 0 Å². The summed E-state index contributed by atoms with van der Waals surface area (Å²) in [4.78, 5) is 14.8. The molecule has 1 N–H and O–H groups in total. The SMILES string of the molecule is CNCC(=O)N1CCOC(c2cccs2)C1. The maximum absolute atomic E-state index is 11.7. The topological polar surface area (TPSA) is 41.6 Å². The molecule has 1 aliphatic heterocycles. The van der Waals surface area contributed by atoms with Crippen molar-refractivity contribution >= 4 is 17.2 Å². The van der Waals surface area contributed by atoms with Crippen molar-refractivity contribution in [2.24, 2.45) is 0 Å². The Morgan fingerprint density at radius 3 is 3.31 bits per heavy atom. The minimum Gasteiger partial charge on any atom is -0.369 e. The van der Waals surface area contributed by atoms with Crippen molar-refractivity contribution in [2.45, 2.75) is 6.10 Å². The fourth-order valence-electron chi connectivity index (χ4n) is 1.79. The number of rotatable bonds is 3. The number of nitrogens with zero attached hydrogens (tertiary/aromatic N) is 1. The molecule has 1 atom stereocenters. The van der Waals surface area contributed by atoms with Crippen molar-refractivity contribution in [3.05, 3.63) is 22.4 Å². The summed E-state index contributed by atoms with van der Waals surface area (Å²) >= 11 is 1.68. The van der Waals surface area contributed by atoms with Gasteiger partial charge in [0.2, 0.25) is 5.91 Å². The smallest absolute Gasteiger partial charge is 0.236 e. The summed E-state index contributed by atoms with van der Waals surface area (Å²) in [5.74, 6) is 0.146. The van der Waals surface area contributed by atoms with E-state index in [1.54, 1.807) is 18.4 Å². The van der Waals surface area contributed by atoms with E-state index in [1.807, 2.05) is 16.3 Å². The van der Waals surface area contributed by atoms with Crippen LogP contribution in [0.15, 0.2) is 17.5 Å². The number of carbonyl (C=O) groups is 1. The van der Waals surface area contributed by atoms with Crippen LogP contribution in [-0.4, -0.2) is 44.1 Å². The molecule has 0 bridgehead atoms. The number of nitrogens with one attached hydrogen (secondary N) is 1. The Balaban J connectivity index is 1.96. The van der Waals surface area contributed by atoms with Gasteiger partial charge in [-0.2, -0.15) is 0 Å². The molecule has 1 saturated heterocycles. The van der Waals surface area contributed by atoms with Gasteiger partial charge in [0.15, 0.2) is 0 Å². The number of likely N-dealkylation sites (N-methyl/N-ethyl adjacent to an activating group) is 1. The third-order valence-electron chi connectivity index (χ3n) is 2.61. The van der Waals surface area contributed by atoms with E-state index in [4.69, 9.17) is 4.74 Å². The molecule has 88 valence electrons. The lowest BCUT2D eigenvalue weighted by atomic mass is 10.2. The van der Waals surface area contributed by atoms with Gasteiger partial charge in [-0.15, -0.1) is 11.3 Å². The molecular weight excluding hydrogens is 224 g/mol. The van der Waals surface area contributed by atoms with Gasteiger partial charge < -0.3 is 15.0 Å². The van der Waals surface area contributed by atoms with Crippen molar-refractivity contribution < 1.29 is 9.53 Å². The zero-order valence-corrected chi connectivity index (χ0v) is 10.1. The molecule has 2 heterocycles. The molecule has 1 unspecified atom stereocenters. The minimum atomic E-state index is 0.0505. The Bertz CT molecular complexity index is 340. The highest BCUT2D eigenvalue weighted by Crippen LogP contribution is 2.25. The van der Waals surface area contributed by atoms with Gasteiger partial charge in [0, 0.05) is 11.4 Å². The van der Waals surface area contributed by atoms with Gasteiger partial charge in [-0.1, -0.05) is 6.07 Å². The zero-order chi connectivity index (χ0) is 11.4. The van der Waals surface area contributed by atoms with Gasteiger partial charge in [0.05, 0.1) is 19.7 Å². The van der Waals surface area contributed by atoms with Crippen molar-refractivity contribution in [2.75, 3.05) is 33.3 Å². The highest BCUT2D eigenvalue weighted by atomic mass is 32.1. The fraction of sp³-hybridized carbons (Fsp3) is 0.545. The van der Waals surface area contributed by atoms with E-state index in [0.717, 1.165) is 0 Å². The first-order chi connectivity index (χ1) is 7.81. The Hall–Kier alpha value is -0.910. The van der Waals surface area contributed by atoms with Gasteiger partial charge >= 0.3 is 0 Å². The Labute approximate surface area is 99.2 Å². The molecule has 1 aromatic rings. The summed E-state index contributed by atoms with van der Waals surface area (Å²) < 4.78 is 5.68. The fourth-order valence-corrected chi connectivity index (χ4v) is 2.55. The monoisotopic (exact) mass is 240 g/mol. The first-order valence-corrected chi connectivity index (χ1v) is 6.26. The van der Waals surface area contributed by atoms with E-state index in [-0.39, 0.29) is 12.0 Å². The van der Waals surface area contributed by atoms with E-state index in [0.29, 0.717) is 26.2 Å². The molecule has 4 nitrogen and oxygen atoms in total. The van der Waals surface area contributed by atoms with Gasteiger partial charge in [0.1, 0.15) is 6.10 Å². The summed E-state index contributed by atoms with van der Waals surface area (Å²) in [6.45, 7) is 2.39. The molecule has 0 spiro atoms. The van der Waals surface area contributed by atoms with Crippen LogP contribution in [0.1, 0.15) is 11.0 Å². The van der Waals surface area contributed by atoms with Gasteiger partial charge in [-0.25, -0.2) is 0 Å². The highest BCUT2D eigenvalue weighted by molar-refractivity contribution is 7.10. The maximum atomic E-state index is 11.7. The molecule has 0 aromatic carbocycles. The van der Waals surface area contributed by atoms with E-state index in [1.165, 1.54) is 4.88 Å². The van der Waals surface area contributed by atoms with Gasteiger partial charge in [-0.3, -0.25) is 4.79 Å². The maximum Gasteiger partial charge on any atom is 0.236 e. The van der Waals surface area contributed by atoms with Crippen molar-refractivity contribution in [1.29, 1.82) is 0 Å². The lowest BCUT2D eigenvalue weighted by Crippen LogP contribution is -2.45. The quantitative estimate of drug-likeness (QED) is 0.852. The molecule has 1 aromatic heterocycles. The van der Waals surface area contributed by atoms with E-state index >= 15 is 0 Å². The largest absolute Gasteiger partial charge is 0.369 e. The summed E-state index contributed by atoms with van der Waals surface area (Å²) in [5, 5.41) is 4.92. The number of carbonyl (C=O) groups excluding carboxylic acids is 1. The summed E-state index contributed by atoms with van der Waals surface area (Å²) in [6.07, 6.45) is 0.0505. The predicted molar refractivity (Wildman–Crippen MR) is 63.5 cm³/mol. The van der Waals surface area contributed by atoms with Crippen LogP contribution in [-0.2, 0) is 9.53 Å². The van der Waals surface area contributed by atoms with Crippen LogP contribution in [0.5, 0.6) is 0 Å². The molecule has 1 amide bonds. The number of amides is 1. The summed E-state index contributed by atoms with van der Waals surface area (Å²) in [5.41, 5.74) is 0. The molecular formula is C11H16N2O2S. The third-order valence-corrected chi connectivity index (χ3v) is 3.57. The Morgan fingerprint density at radius 1 is 1.75 bits per heavy atom. The van der Waals surface area contributed by atoms with Gasteiger partial charge in [0.25, 0.3) is 0 Å². The third kappa shape index (κ3) is 2.61. The average Bonchev–Trinajstić information content (AvgIpc) is 2.83. The highest BCUT2D eigenvalue weighted by Gasteiger charge is 2.25. The first kappa shape index (κ1) is 11.6. The molecule has 1 aliphatic rings. The second kappa shape index (κ2) is 5.43. The Morgan fingerprint density at radius 2 is 2.62 bits per heavy atom. The van der Waals surface area contributed by atoms with Crippen LogP contribution in [0.4, 0.5) is 0 Å². The molecule has 2 rings (SSSR count). The number of ether oxygens (including phenoxy) is 1. The normalized spacial score (nSPS) is 21.1. The second-order valence-corrected chi connectivity index (χ2v) is 4.72. The number of thiophene rings is 1. The van der Waals surface area contributed by atoms with Crippen molar-refractivity contribution in [1.82, 2.24) is 10.2 Å². The minimum absolute atomic E-state index is 0.0505. The summed E-state index contributed by atoms with van der Waals surface area (Å²) in [6, 6.07) is 4.07. The molecule has 5 heteroatoms. The van der Waals surface area contributed by atoms with Gasteiger partial charge in [-0.05, 0) is 18.5 Å². The molecule has 1 fully saturated rings. The Kier molecular flexibility index (Phi) is 3.93. The lowest BCUT2D eigenvalue weighted by molar-refractivity contribution is -0.137. The van der Waals surface area contributed by atoms with Crippen LogP contribution in [0.25, 0.3) is 0 Å². The average molecular weight is 240 g/mol. The molecule has 0 saturated carbocycles. The zero-order valence-electron chi connectivity index (χ0n) is 9.31. The predicted octanol–water partition coefficient (Wildman–Crippen LogP) is 0.867. The van der Waals surface area contributed by atoms with Crippen molar-refractivity contribution in [3.63, 3.8) is 0 Å². The molecule has 0 aliphatic carbocycles. The number of hydrogen-bond donors (Lipinski definition) is 1. The van der Waals surface area contributed by atoms with Crippen LogP contribution >= 0.6 is 11.3 Å². The van der Waals surface area contributed by atoms with Crippen LogP contribution < -0.4 is 5.32 Å². The van der Waals surface area contributed by atoms with Crippen LogP contribution in [0, 0.1) is 0 Å². The molecule has 0 radical (unpaired) electrons. The lowest BCUT2D eigenvalue weighted by Gasteiger charge is -2.32. The first-order valence-electron chi connectivity index (χ1n) is 5.38. The standard InChI is InChI=1S/C11H16N2O2S/c1-12-7-11(14)13-4-5-15-9(8-13)10-3-2-6-16-10/h2-3,6,9,12H,4-5,7-8H2,1H3. The number of morpholine rings is 1. The molecule has 16 heavy (non-hydrogen) atoms. The van der Waals surface area contributed by atoms with Crippen LogP contribution in [0.3, 0.4) is 0 Å². The second-order valence-electron chi connectivity index (χ2n) is 3.74. The number of hydrogen-bond acceptors (Lipinski definition) is 4.